The van der Waals surface area contributed by atoms with Gasteiger partial charge in [0, 0.05) is 27.1 Å². The SMILES string of the molecule is COc1ccc(CCNC(=O)C(=O)Nn2c(C(=O)Nc3cccc(Cl)c3)cc3cc(Br)ccc32)cc1OC. The van der Waals surface area contributed by atoms with Crippen LogP contribution in [0.5, 0.6) is 11.5 Å². The number of nitrogens with one attached hydrogen (secondary N) is 3. The molecule has 0 saturated heterocycles. The van der Waals surface area contributed by atoms with Crippen molar-refractivity contribution in [1.29, 1.82) is 0 Å². The third-order valence-corrected chi connectivity index (χ3v) is 6.37. The molecule has 3 N–H and O–H groups in total. The topological polar surface area (TPSA) is 111 Å². The van der Waals surface area contributed by atoms with Gasteiger partial charge in [-0.25, -0.2) is 4.68 Å². The second-order valence-corrected chi connectivity index (χ2v) is 9.52. The van der Waals surface area contributed by atoms with Crippen LogP contribution in [-0.2, 0) is 16.0 Å². The van der Waals surface area contributed by atoms with Gasteiger partial charge in [-0.1, -0.05) is 39.7 Å². The van der Waals surface area contributed by atoms with Crippen LogP contribution in [0.2, 0.25) is 5.02 Å². The first kappa shape index (κ1) is 27.0. The summed E-state index contributed by atoms with van der Waals surface area (Å²) in [5, 5.41) is 6.51. The highest BCUT2D eigenvalue weighted by molar-refractivity contribution is 9.10. The summed E-state index contributed by atoms with van der Waals surface area (Å²) in [7, 11) is 3.09. The smallest absolute Gasteiger partial charge is 0.328 e. The van der Waals surface area contributed by atoms with Crippen molar-refractivity contribution in [2.75, 3.05) is 31.5 Å². The minimum atomic E-state index is -0.922. The number of carbonyl (C=O) groups is 3. The monoisotopic (exact) mass is 598 g/mol. The molecule has 0 aliphatic carbocycles. The first-order valence-corrected chi connectivity index (χ1v) is 12.6. The minimum Gasteiger partial charge on any atom is -0.493 e. The van der Waals surface area contributed by atoms with Gasteiger partial charge in [-0.05, 0) is 66.6 Å². The van der Waals surface area contributed by atoms with E-state index in [0.29, 0.717) is 39.5 Å². The molecular formula is C27H24BrClN4O5. The van der Waals surface area contributed by atoms with Crippen LogP contribution >= 0.6 is 27.5 Å². The molecule has 196 valence electrons. The zero-order valence-corrected chi connectivity index (χ0v) is 22.9. The van der Waals surface area contributed by atoms with Crippen LogP contribution in [-0.4, -0.2) is 43.2 Å². The van der Waals surface area contributed by atoms with Gasteiger partial charge >= 0.3 is 11.8 Å². The summed E-state index contributed by atoms with van der Waals surface area (Å²) in [5.41, 5.74) is 4.59. The Morgan fingerprint density at radius 3 is 2.45 bits per heavy atom. The molecule has 0 unspecified atom stereocenters. The summed E-state index contributed by atoms with van der Waals surface area (Å²) >= 11 is 9.44. The number of nitrogens with zero attached hydrogens (tertiary/aromatic N) is 1. The summed E-state index contributed by atoms with van der Waals surface area (Å²) in [6.45, 7) is 0.212. The van der Waals surface area contributed by atoms with Crippen molar-refractivity contribution in [2.45, 2.75) is 6.42 Å². The van der Waals surface area contributed by atoms with E-state index in [2.05, 4.69) is 32.0 Å². The molecule has 0 radical (unpaired) electrons. The molecule has 3 aromatic carbocycles. The van der Waals surface area contributed by atoms with E-state index in [-0.39, 0.29) is 12.2 Å². The van der Waals surface area contributed by atoms with Crippen LogP contribution in [0.1, 0.15) is 16.1 Å². The van der Waals surface area contributed by atoms with Gasteiger partial charge in [0.1, 0.15) is 5.69 Å². The lowest BCUT2D eigenvalue weighted by atomic mass is 10.1. The maximum absolute atomic E-state index is 13.1. The number of aromatic nitrogens is 1. The fraction of sp³-hybridized carbons (Fsp3) is 0.148. The zero-order valence-electron chi connectivity index (χ0n) is 20.5. The molecule has 0 aliphatic heterocycles. The van der Waals surface area contributed by atoms with Crippen LogP contribution in [0, 0.1) is 0 Å². The Hall–Kier alpha value is -4.02. The van der Waals surface area contributed by atoms with E-state index >= 15 is 0 Å². The van der Waals surface area contributed by atoms with Crippen molar-refractivity contribution >= 4 is 61.8 Å². The predicted molar refractivity (Wildman–Crippen MR) is 150 cm³/mol. The molecular weight excluding hydrogens is 576 g/mol. The van der Waals surface area contributed by atoms with Gasteiger partial charge in [0.05, 0.1) is 19.7 Å². The number of ether oxygens (including phenoxy) is 2. The Morgan fingerprint density at radius 1 is 0.921 bits per heavy atom. The van der Waals surface area contributed by atoms with Crippen molar-refractivity contribution in [2.24, 2.45) is 0 Å². The number of hydrogen-bond acceptors (Lipinski definition) is 5. The van der Waals surface area contributed by atoms with E-state index in [1.165, 1.54) is 4.68 Å². The maximum atomic E-state index is 13.1. The van der Waals surface area contributed by atoms with Crippen LogP contribution < -0.4 is 25.5 Å². The number of anilines is 1. The van der Waals surface area contributed by atoms with Gasteiger partial charge in [-0.3, -0.25) is 19.8 Å². The first-order valence-electron chi connectivity index (χ1n) is 11.5. The fourth-order valence-corrected chi connectivity index (χ4v) is 4.39. The molecule has 0 aliphatic rings. The third kappa shape index (κ3) is 6.27. The largest absolute Gasteiger partial charge is 0.493 e. The third-order valence-electron chi connectivity index (χ3n) is 5.65. The number of hydrogen-bond donors (Lipinski definition) is 3. The number of benzene rings is 3. The summed E-state index contributed by atoms with van der Waals surface area (Å²) in [5.74, 6) is -1.08. The molecule has 4 rings (SSSR count). The van der Waals surface area contributed by atoms with Crippen molar-refractivity contribution in [3.8, 4) is 11.5 Å². The molecule has 0 spiro atoms. The Morgan fingerprint density at radius 2 is 1.71 bits per heavy atom. The van der Waals surface area contributed by atoms with Gasteiger partial charge < -0.3 is 20.1 Å². The predicted octanol–water partition coefficient (Wildman–Crippen LogP) is 4.76. The average Bonchev–Trinajstić information content (AvgIpc) is 3.25. The van der Waals surface area contributed by atoms with Crippen molar-refractivity contribution in [1.82, 2.24) is 9.99 Å². The molecule has 9 nitrogen and oxygen atoms in total. The number of fused-ring (bicyclic) bond motifs is 1. The van der Waals surface area contributed by atoms with Crippen molar-refractivity contribution in [3.05, 3.63) is 87.5 Å². The molecule has 0 atom stereocenters. The molecule has 1 aromatic heterocycles. The van der Waals surface area contributed by atoms with E-state index in [0.717, 1.165) is 10.0 Å². The standard InChI is InChI=1S/C27H24BrClN4O5/c1-37-23-9-6-16(12-24(23)38-2)10-11-30-26(35)27(36)32-33-21-8-7-18(28)13-17(21)14-22(33)25(34)31-20-5-3-4-19(29)15-20/h3-9,12-15H,10-11H2,1-2H3,(H,30,35)(H,31,34)(H,32,36). The lowest BCUT2D eigenvalue weighted by Crippen LogP contribution is -2.40. The maximum Gasteiger partial charge on any atom is 0.328 e. The highest BCUT2D eigenvalue weighted by atomic mass is 79.9. The van der Waals surface area contributed by atoms with E-state index < -0.39 is 17.7 Å². The molecule has 0 fully saturated rings. The van der Waals surface area contributed by atoms with Gasteiger partial charge in [-0.2, -0.15) is 0 Å². The second kappa shape index (κ2) is 12.0. The van der Waals surface area contributed by atoms with Gasteiger partial charge in [0.25, 0.3) is 5.91 Å². The molecule has 3 amide bonds. The van der Waals surface area contributed by atoms with E-state index in [1.807, 2.05) is 6.07 Å². The van der Waals surface area contributed by atoms with Crippen molar-refractivity contribution in [3.63, 3.8) is 0 Å². The van der Waals surface area contributed by atoms with Crippen LogP contribution in [0.25, 0.3) is 10.9 Å². The summed E-state index contributed by atoms with van der Waals surface area (Å²) < 4.78 is 12.6. The molecule has 0 saturated carbocycles. The zero-order chi connectivity index (χ0) is 27.2. The Bertz CT molecular complexity index is 1520. The number of carbonyl (C=O) groups excluding carboxylic acids is 3. The number of amides is 3. The summed E-state index contributed by atoms with van der Waals surface area (Å²) in [6.07, 6.45) is 0.465. The Kier molecular flexibility index (Phi) is 8.55. The normalized spacial score (nSPS) is 10.6. The highest BCUT2D eigenvalue weighted by Gasteiger charge is 2.21. The van der Waals surface area contributed by atoms with E-state index in [1.54, 1.807) is 74.9 Å². The van der Waals surface area contributed by atoms with Crippen LogP contribution in [0.15, 0.2) is 71.2 Å². The van der Waals surface area contributed by atoms with Gasteiger partial charge in [0.15, 0.2) is 11.5 Å². The van der Waals surface area contributed by atoms with E-state index in [9.17, 15) is 14.4 Å². The summed E-state index contributed by atoms with van der Waals surface area (Å²) in [6, 6.07) is 19.0. The number of halogens is 2. The van der Waals surface area contributed by atoms with Gasteiger partial charge in [0.2, 0.25) is 0 Å². The molecule has 0 bridgehead atoms. The van der Waals surface area contributed by atoms with E-state index in [4.69, 9.17) is 21.1 Å². The Labute approximate surface area is 232 Å². The van der Waals surface area contributed by atoms with Crippen molar-refractivity contribution < 1.29 is 23.9 Å². The molecule has 11 heteroatoms. The number of rotatable bonds is 8. The average molecular weight is 600 g/mol. The second-order valence-electron chi connectivity index (χ2n) is 8.17. The first-order chi connectivity index (χ1) is 18.3. The molecule has 38 heavy (non-hydrogen) atoms. The summed E-state index contributed by atoms with van der Waals surface area (Å²) in [4.78, 5) is 38.5. The highest BCUT2D eigenvalue weighted by Crippen LogP contribution is 2.28. The Balaban J connectivity index is 1.47. The lowest BCUT2D eigenvalue weighted by Gasteiger charge is -2.13. The number of methoxy groups -OCH3 is 2. The van der Waals surface area contributed by atoms with Crippen LogP contribution in [0.4, 0.5) is 5.69 Å². The lowest BCUT2D eigenvalue weighted by molar-refractivity contribution is -0.136. The fourth-order valence-electron chi connectivity index (χ4n) is 3.82. The van der Waals surface area contributed by atoms with Crippen LogP contribution in [0.3, 0.4) is 0 Å². The molecule has 4 aromatic rings. The quantitative estimate of drug-likeness (QED) is 0.253. The molecule has 1 heterocycles. The van der Waals surface area contributed by atoms with Gasteiger partial charge in [-0.15, -0.1) is 0 Å². The minimum absolute atomic E-state index is 0.129.